The van der Waals surface area contributed by atoms with Gasteiger partial charge < -0.3 is 9.73 Å². The number of benzene rings is 2. The highest BCUT2D eigenvalue weighted by atomic mass is 32.1. The van der Waals surface area contributed by atoms with Crippen molar-refractivity contribution in [2.45, 2.75) is 0 Å². The van der Waals surface area contributed by atoms with E-state index in [1.54, 1.807) is 42.5 Å². The molecule has 0 aliphatic heterocycles. The lowest BCUT2D eigenvalue weighted by atomic mass is 10.2. The van der Waals surface area contributed by atoms with Gasteiger partial charge in [-0.2, -0.15) is 0 Å². The summed E-state index contributed by atoms with van der Waals surface area (Å²) >= 11 is 1.25. The molecule has 0 spiro atoms. The molecule has 0 aliphatic carbocycles. The van der Waals surface area contributed by atoms with Crippen molar-refractivity contribution < 1.29 is 13.6 Å². The molecule has 0 unspecified atom stereocenters. The smallest absolute Gasteiger partial charge is 0.265 e. The van der Waals surface area contributed by atoms with Crippen molar-refractivity contribution in [1.82, 2.24) is 10.2 Å². The minimum atomic E-state index is -0.332. The summed E-state index contributed by atoms with van der Waals surface area (Å²) in [5.41, 5.74) is 1.29. The van der Waals surface area contributed by atoms with Gasteiger partial charge in [0.25, 0.3) is 5.91 Å². The van der Waals surface area contributed by atoms with Gasteiger partial charge >= 0.3 is 0 Å². The molecule has 1 amide bonds. The van der Waals surface area contributed by atoms with Gasteiger partial charge in [-0.25, -0.2) is 4.39 Å². The quantitative estimate of drug-likeness (QED) is 0.603. The normalized spacial score (nSPS) is 10.9. The Morgan fingerprint density at radius 2 is 2.04 bits per heavy atom. The summed E-state index contributed by atoms with van der Waals surface area (Å²) in [5.74, 6) is -0.255. The summed E-state index contributed by atoms with van der Waals surface area (Å²) in [5, 5.41) is 10.7. The zero-order valence-electron chi connectivity index (χ0n) is 12.2. The lowest BCUT2D eigenvalue weighted by Crippen LogP contribution is -2.09. The van der Waals surface area contributed by atoms with E-state index in [-0.39, 0.29) is 11.7 Å². The van der Waals surface area contributed by atoms with Gasteiger partial charge in [0.15, 0.2) is 0 Å². The molecule has 5 nitrogen and oxygen atoms in total. The highest BCUT2D eigenvalue weighted by Gasteiger charge is 2.13. The number of hydrogen-bond donors (Lipinski definition) is 1. The Kier molecular flexibility index (Phi) is 3.55. The molecule has 0 atom stereocenters. The number of nitrogens with zero attached hydrogens (tertiary/aromatic N) is 2. The maximum absolute atomic E-state index is 13.8. The van der Waals surface area contributed by atoms with Crippen LogP contribution < -0.4 is 5.32 Å². The van der Waals surface area contributed by atoms with Crippen molar-refractivity contribution in [1.29, 1.82) is 0 Å². The van der Waals surface area contributed by atoms with Crippen molar-refractivity contribution in [2.24, 2.45) is 0 Å². The average molecular weight is 339 g/mol. The minimum Gasteiger partial charge on any atom is -0.423 e. The van der Waals surface area contributed by atoms with E-state index in [4.69, 9.17) is 4.42 Å². The van der Waals surface area contributed by atoms with Crippen LogP contribution in [0.1, 0.15) is 9.67 Å². The predicted molar refractivity (Wildman–Crippen MR) is 89.5 cm³/mol. The molecule has 0 saturated carbocycles. The van der Waals surface area contributed by atoms with E-state index in [0.29, 0.717) is 27.4 Å². The van der Waals surface area contributed by atoms with Crippen LogP contribution in [0.25, 0.3) is 21.5 Å². The number of aromatic nitrogens is 2. The average Bonchev–Trinajstić information content (AvgIpc) is 3.25. The Morgan fingerprint density at radius 3 is 2.83 bits per heavy atom. The Bertz CT molecular complexity index is 1030. The number of hydrogen-bond acceptors (Lipinski definition) is 5. The fourth-order valence-electron chi connectivity index (χ4n) is 2.36. The zero-order chi connectivity index (χ0) is 16.5. The van der Waals surface area contributed by atoms with E-state index in [1.807, 2.05) is 0 Å². The maximum Gasteiger partial charge on any atom is 0.265 e. The summed E-state index contributed by atoms with van der Waals surface area (Å²) in [6.45, 7) is 0. The second-order valence-electron chi connectivity index (χ2n) is 5.04. The number of thiophene rings is 1. The molecule has 118 valence electrons. The molecule has 7 heteroatoms. The summed E-state index contributed by atoms with van der Waals surface area (Å²) in [6.07, 6.45) is 1.24. The summed E-state index contributed by atoms with van der Waals surface area (Å²) in [7, 11) is 0. The third kappa shape index (κ3) is 2.65. The molecule has 4 aromatic rings. The van der Waals surface area contributed by atoms with E-state index >= 15 is 0 Å². The van der Waals surface area contributed by atoms with Gasteiger partial charge in [-0.15, -0.1) is 21.5 Å². The Morgan fingerprint density at radius 1 is 1.17 bits per heavy atom. The lowest BCUT2D eigenvalue weighted by molar-refractivity contribution is 0.103. The van der Waals surface area contributed by atoms with Crippen LogP contribution in [0.3, 0.4) is 0 Å². The number of fused-ring (bicyclic) bond motifs is 1. The molecule has 2 aromatic carbocycles. The molecular weight excluding hydrogens is 329 g/mol. The van der Waals surface area contributed by atoms with Crippen LogP contribution in [-0.2, 0) is 0 Å². The number of anilines is 1. The first-order valence-corrected chi connectivity index (χ1v) is 7.88. The Hall–Kier alpha value is -3.06. The number of amides is 1. The molecule has 0 bridgehead atoms. The topological polar surface area (TPSA) is 68.0 Å². The zero-order valence-corrected chi connectivity index (χ0v) is 13.0. The van der Waals surface area contributed by atoms with Crippen LogP contribution >= 0.6 is 11.3 Å². The van der Waals surface area contributed by atoms with E-state index in [1.165, 1.54) is 23.8 Å². The van der Waals surface area contributed by atoms with Gasteiger partial charge in [-0.05, 0) is 36.4 Å². The number of halogens is 1. The van der Waals surface area contributed by atoms with Gasteiger partial charge in [0.1, 0.15) is 5.82 Å². The molecule has 0 saturated heterocycles. The van der Waals surface area contributed by atoms with E-state index in [2.05, 4.69) is 15.5 Å². The second-order valence-corrected chi connectivity index (χ2v) is 6.12. The SMILES string of the molecule is O=C(Nc1cccc(-c2nnco2)c1)c1cc2c(F)cccc2s1. The van der Waals surface area contributed by atoms with Crippen LogP contribution in [0.4, 0.5) is 10.1 Å². The van der Waals surface area contributed by atoms with E-state index in [9.17, 15) is 9.18 Å². The largest absolute Gasteiger partial charge is 0.423 e. The summed E-state index contributed by atoms with van der Waals surface area (Å²) in [4.78, 5) is 12.9. The number of carbonyl (C=O) groups excluding carboxylic acids is 1. The van der Waals surface area contributed by atoms with Gasteiger partial charge in [0.2, 0.25) is 12.3 Å². The van der Waals surface area contributed by atoms with Crippen LogP contribution in [0.15, 0.2) is 59.3 Å². The second kappa shape index (κ2) is 5.86. The molecule has 2 aromatic heterocycles. The Labute approximate surface area is 139 Å². The third-order valence-corrected chi connectivity index (χ3v) is 4.56. The van der Waals surface area contributed by atoms with Gasteiger partial charge in [0, 0.05) is 21.3 Å². The standard InChI is InChI=1S/C17H10FN3O2S/c18-13-5-2-6-14-12(13)8-15(24-14)16(22)20-11-4-1-3-10(7-11)17-21-19-9-23-17/h1-9H,(H,20,22). The lowest BCUT2D eigenvalue weighted by Gasteiger charge is -2.04. The van der Waals surface area contributed by atoms with Crippen molar-refractivity contribution in [3.05, 3.63) is 65.6 Å². The van der Waals surface area contributed by atoms with Crippen molar-refractivity contribution >= 4 is 33.0 Å². The molecule has 24 heavy (non-hydrogen) atoms. The fourth-order valence-corrected chi connectivity index (χ4v) is 3.33. The first-order chi connectivity index (χ1) is 11.7. The maximum atomic E-state index is 13.8. The number of carbonyl (C=O) groups is 1. The van der Waals surface area contributed by atoms with Crippen LogP contribution in [0.5, 0.6) is 0 Å². The molecule has 2 heterocycles. The van der Waals surface area contributed by atoms with Crippen LogP contribution in [0, 0.1) is 5.82 Å². The summed E-state index contributed by atoms with van der Waals surface area (Å²) in [6, 6.07) is 13.4. The minimum absolute atomic E-state index is 0.293. The monoisotopic (exact) mass is 339 g/mol. The van der Waals surface area contributed by atoms with E-state index < -0.39 is 0 Å². The van der Waals surface area contributed by atoms with Crippen molar-refractivity contribution in [3.63, 3.8) is 0 Å². The molecule has 0 aliphatic rings. The van der Waals surface area contributed by atoms with Gasteiger partial charge in [0.05, 0.1) is 4.88 Å². The summed E-state index contributed by atoms with van der Waals surface area (Å²) < 4.78 is 19.6. The molecule has 0 radical (unpaired) electrons. The van der Waals surface area contributed by atoms with Crippen molar-refractivity contribution in [2.75, 3.05) is 5.32 Å². The van der Waals surface area contributed by atoms with Gasteiger partial charge in [-0.1, -0.05) is 12.1 Å². The van der Waals surface area contributed by atoms with E-state index in [0.717, 1.165) is 4.70 Å². The van der Waals surface area contributed by atoms with Crippen LogP contribution in [-0.4, -0.2) is 16.1 Å². The predicted octanol–water partition coefficient (Wildman–Crippen LogP) is 4.34. The first-order valence-electron chi connectivity index (χ1n) is 7.07. The first kappa shape index (κ1) is 14.5. The third-order valence-electron chi connectivity index (χ3n) is 3.46. The highest BCUT2D eigenvalue weighted by Crippen LogP contribution is 2.28. The van der Waals surface area contributed by atoms with Gasteiger partial charge in [-0.3, -0.25) is 4.79 Å². The molecule has 4 rings (SSSR count). The fraction of sp³-hybridized carbons (Fsp3) is 0. The highest BCUT2D eigenvalue weighted by molar-refractivity contribution is 7.20. The molecule has 1 N–H and O–H groups in total. The number of nitrogens with one attached hydrogen (secondary N) is 1. The van der Waals surface area contributed by atoms with Crippen molar-refractivity contribution in [3.8, 4) is 11.5 Å². The molecular formula is C17H10FN3O2S. The molecule has 0 fully saturated rings. The number of rotatable bonds is 3. The Balaban J connectivity index is 1.61. The van der Waals surface area contributed by atoms with Crippen LogP contribution in [0.2, 0.25) is 0 Å².